The van der Waals surface area contributed by atoms with Gasteiger partial charge in [-0.15, -0.1) is 0 Å². The van der Waals surface area contributed by atoms with Crippen molar-refractivity contribution in [2.75, 3.05) is 76.3 Å². The highest BCUT2D eigenvalue weighted by atomic mass is 16.5. The van der Waals surface area contributed by atoms with E-state index >= 15 is 0 Å². The molecule has 2 fully saturated rings. The average molecular weight is 425 g/mol. The monoisotopic (exact) mass is 424 g/mol. The van der Waals surface area contributed by atoms with E-state index in [2.05, 4.69) is 37.8 Å². The standard InChI is InChI=1S/C23H32N6O2/c1-18-24-21(27-10-8-26(2)9-11-27)17-22(25-18)28-12-14-29(15-13-28)23(30)16-19-4-6-20(31-3)7-5-19/h4-7,17H,8-16H2,1-3H3. The van der Waals surface area contributed by atoms with Crippen LogP contribution < -0.4 is 14.5 Å². The molecule has 31 heavy (non-hydrogen) atoms. The molecule has 0 radical (unpaired) electrons. The van der Waals surface area contributed by atoms with E-state index in [-0.39, 0.29) is 5.91 Å². The molecule has 2 aliphatic rings. The molecule has 4 rings (SSSR count). The number of hydrogen-bond acceptors (Lipinski definition) is 7. The maximum Gasteiger partial charge on any atom is 0.227 e. The molecular weight excluding hydrogens is 392 g/mol. The molecule has 2 aliphatic heterocycles. The number of piperazine rings is 2. The third-order valence-corrected chi connectivity index (χ3v) is 6.11. The number of carbonyl (C=O) groups is 1. The minimum absolute atomic E-state index is 0.168. The number of rotatable bonds is 5. The minimum Gasteiger partial charge on any atom is -0.497 e. The van der Waals surface area contributed by atoms with Crippen LogP contribution in [0.3, 0.4) is 0 Å². The molecule has 166 valence electrons. The number of benzene rings is 1. The summed E-state index contributed by atoms with van der Waals surface area (Å²) in [6, 6.07) is 9.81. The summed E-state index contributed by atoms with van der Waals surface area (Å²) in [6.07, 6.45) is 0.421. The minimum atomic E-state index is 0.168. The van der Waals surface area contributed by atoms with Gasteiger partial charge in [-0.3, -0.25) is 4.79 Å². The highest BCUT2D eigenvalue weighted by molar-refractivity contribution is 5.79. The lowest BCUT2D eigenvalue weighted by Crippen LogP contribution is -2.49. The molecule has 8 heteroatoms. The second kappa shape index (κ2) is 9.51. The zero-order valence-electron chi connectivity index (χ0n) is 18.8. The molecule has 2 saturated heterocycles. The molecular formula is C23H32N6O2. The first kappa shape index (κ1) is 21.4. The number of methoxy groups -OCH3 is 1. The molecule has 3 heterocycles. The van der Waals surface area contributed by atoms with Crippen LogP contribution in [0.25, 0.3) is 0 Å². The fourth-order valence-corrected chi connectivity index (χ4v) is 4.11. The third kappa shape index (κ3) is 5.25. The van der Waals surface area contributed by atoms with Gasteiger partial charge in [-0.2, -0.15) is 0 Å². The van der Waals surface area contributed by atoms with E-state index in [9.17, 15) is 4.79 Å². The highest BCUT2D eigenvalue weighted by Gasteiger charge is 2.24. The Morgan fingerprint density at radius 2 is 1.45 bits per heavy atom. The van der Waals surface area contributed by atoms with E-state index < -0.39 is 0 Å². The fourth-order valence-electron chi connectivity index (χ4n) is 4.11. The summed E-state index contributed by atoms with van der Waals surface area (Å²) >= 11 is 0. The molecule has 0 spiro atoms. The molecule has 1 amide bonds. The molecule has 1 aromatic heterocycles. The smallest absolute Gasteiger partial charge is 0.227 e. The number of carbonyl (C=O) groups excluding carboxylic acids is 1. The second-order valence-electron chi connectivity index (χ2n) is 8.31. The lowest BCUT2D eigenvalue weighted by molar-refractivity contribution is -0.130. The van der Waals surface area contributed by atoms with E-state index in [4.69, 9.17) is 4.74 Å². The summed E-state index contributed by atoms with van der Waals surface area (Å²) < 4.78 is 5.19. The van der Waals surface area contributed by atoms with Gasteiger partial charge in [0.25, 0.3) is 0 Å². The van der Waals surface area contributed by atoms with Crippen LogP contribution in [0.1, 0.15) is 11.4 Å². The first-order valence-corrected chi connectivity index (χ1v) is 11.0. The van der Waals surface area contributed by atoms with Crippen molar-refractivity contribution in [3.63, 3.8) is 0 Å². The van der Waals surface area contributed by atoms with E-state index in [0.29, 0.717) is 19.5 Å². The van der Waals surface area contributed by atoms with Gasteiger partial charge in [0.1, 0.15) is 23.2 Å². The van der Waals surface area contributed by atoms with Crippen LogP contribution in [0.5, 0.6) is 5.75 Å². The van der Waals surface area contributed by atoms with Crippen molar-refractivity contribution in [1.29, 1.82) is 0 Å². The van der Waals surface area contributed by atoms with Crippen LogP contribution in [0.4, 0.5) is 11.6 Å². The Balaban J connectivity index is 1.35. The first-order chi connectivity index (χ1) is 15.0. The summed E-state index contributed by atoms with van der Waals surface area (Å²) in [5, 5.41) is 0. The predicted molar refractivity (Wildman–Crippen MR) is 122 cm³/mol. The van der Waals surface area contributed by atoms with Crippen LogP contribution in [0.15, 0.2) is 30.3 Å². The quantitative estimate of drug-likeness (QED) is 0.720. The molecule has 0 atom stereocenters. The summed E-state index contributed by atoms with van der Waals surface area (Å²) in [7, 11) is 3.80. The van der Waals surface area contributed by atoms with Crippen molar-refractivity contribution in [3.8, 4) is 5.75 Å². The van der Waals surface area contributed by atoms with Gasteiger partial charge in [0.05, 0.1) is 13.5 Å². The lowest BCUT2D eigenvalue weighted by Gasteiger charge is -2.37. The molecule has 0 saturated carbocycles. The first-order valence-electron chi connectivity index (χ1n) is 11.0. The number of likely N-dealkylation sites (N-methyl/N-ethyl adjacent to an activating group) is 1. The molecule has 8 nitrogen and oxygen atoms in total. The Bertz CT molecular complexity index is 887. The Morgan fingerprint density at radius 1 is 0.903 bits per heavy atom. The fraction of sp³-hybridized carbons (Fsp3) is 0.522. The Morgan fingerprint density at radius 3 is 2.00 bits per heavy atom. The van der Waals surface area contributed by atoms with Crippen molar-refractivity contribution in [1.82, 2.24) is 19.8 Å². The van der Waals surface area contributed by atoms with E-state index in [1.54, 1.807) is 7.11 Å². The maximum atomic E-state index is 12.7. The van der Waals surface area contributed by atoms with Gasteiger partial charge in [0, 0.05) is 58.4 Å². The Hall–Kier alpha value is -2.87. The molecule has 0 aliphatic carbocycles. The van der Waals surface area contributed by atoms with Crippen LogP contribution in [-0.2, 0) is 11.2 Å². The van der Waals surface area contributed by atoms with E-state index in [1.807, 2.05) is 36.1 Å². The van der Waals surface area contributed by atoms with E-state index in [1.165, 1.54) is 0 Å². The zero-order valence-corrected chi connectivity index (χ0v) is 18.8. The highest BCUT2D eigenvalue weighted by Crippen LogP contribution is 2.22. The maximum absolute atomic E-state index is 12.7. The van der Waals surface area contributed by atoms with Gasteiger partial charge in [-0.25, -0.2) is 9.97 Å². The van der Waals surface area contributed by atoms with Crippen molar-refractivity contribution in [2.45, 2.75) is 13.3 Å². The van der Waals surface area contributed by atoms with Crippen LogP contribution in [-0.4, -0.2) is 92.2 Å². The summed E-state index contributed by atoms with van der Waals surface area (Å²) in [5.74, 6) is 3.74. The van der Waals surface area contributed by atoms with Gasteiger partial charge in [0.15, 0.2) is 0 Å². The summed E-state index contributed by atoms with van der Waals surface area (Å²) in [6.45, 7) is 9.02. The van der Waals surface area contributed by atoms with Gasteiger partial charge in [-0.1, -0.05) is 12.1 Å². The topological polar surface area (TPSA) is 65.0 Å². The summed E-state index contributed by atoms with van der Waals surface area (Å²) in [4.78, 5) is 31.0. The van der Waals surface area contributed by atoms with Crippen molar-refractivity contribution in [3.05, 3.63) is 41.7 Å². The predicted octanol–water partition coefficient (Wildman–Crippen LogP) is 1.44. The Labute approximate surface area is 184 Å². The molecule has 2 aromatic rings. The number of nitrogens with zero attached hydrogens (tertiary/aromatic N) is 6. The zero-order chi connectivity index (χ0) is 21.8. The number of aromatic nitrogens is 2. The number of ether oxygens (including phenoxy) is 1. The van der Waals surface area contributed by atoms with Crippen LogP contribution in [0.2, 0.25) is 0 Å². The van der Waals surface area contributed by atoms with Gasteiger partial charge >= 0.3 is 0 Å². The number of amides is 1. The van der Waals surface area contributed by atoms with Gasteiger partial charge in [0.2, 0.25) is 5.91 Å². The molecule has 0 bridgehead atoms. The largest absolute Gasteiger partial charge is 0.497 e. The van der Waals surface area contributed by atoms with Crippen molar-refractivity contribution < 1.29 is 9.53 Å². The van der Waals surface area contributed by atoms with Crippen LogP contribution >= 0.6 is 0 Å². The molecule has 1 aromatic carbocycles. The van der Waals surface area contributed by atoms with Gasteiger partial charge < -0.3 is 24.3 Å². The Kier molecular flexibility index (Phi) is 6.56. The SMILES string of the molecule is COc1ccc(CC(=O)N2CCN(c3cc(N4CCN(C)CC4)nc(C)n3)CC2)cc1. The van der Waals surface area contributed by atoms with Crippen molar-refractivity contribution >= 4 is 17.5 Å². The molecule has 0 N–H and O–H groups in total. The third-order valence-electron chi connectivity index (χ3n) is 6.11. The van der Waals surface area contributed by atoms with Crippen LogP contribution in [0, 0.1) is 6.92 Å². The second-order valence-corrected chi connectivity index (χ2v) is 8.31. The number of hydrogen-bond donors (Lipinski definition) is 0. The normalized spacial score (nSPS) is 17.7. The average Bonchev–Trinajstić information content (AvgIpc) is 2.80. The van der Waals surface area contributed by atoms with Crippen molar-refractivity contribution in [2.24, 2.45) is 0 Å². The summed E-state index contributed by atoms with van der Waals surface area (Å²) in [5.41, 5.74) is 1.01. The van der Waals surface area contributed by atoms with Gasteiger partial charge in [-0.05, 0) is 31.7 Å². The molecule has 0 unspecified atom stereocenters. The number of anilines is 2. The van der Waals surface area contributed by atoms with E-state index in [0.717, 1.165) is 68.0 Å². The lowest BCUT2D eigenvalue weighted by atomic mass is 10.1. The number of aryl methyl sites for hydroxylation is 1.